The van der Waals surface area contributed by atoms with Crippen LogP contribution in [0.5, 0.6) is 0 Å². The molecule has 0 amide bonds. The molecule has 0 bridgehead atoms. The van der Waals surface area contributed by atoms with E-state index < -0.39 is 0 Å². The molecule has 0 aromatic heterocycles. The first kappa shape index (κ1) is 11.9. The van der Waals surface area contributed by atoms with Crippen LogP contribution in [0.15, 0.2) is 24.3 Å². The van der Waals surface area contributed by atoms with Crippen molar-refractivity contribution in [2.45, 2.75) is 6.42 Å². The second kappa shape index (κ2) is 5.65. The summed E-state index contributed by atoms with van der Waals surface area (Å²) in [4.78, 5) is 4.55. The van der Waals surface area contributed by atoms with Gasteiger partial charge in [-0.15, -0.1) is 0 Å². The van der Waals surface area contributed by atoms with Crippen LogP contribution in [-0.2, 0) is 0 Å². The molecule has 0 saturated carbocycles. The molecule has 1 saturated heterocycles. The molecule has 1 aliphatic heterocycles. The SMILES string of the molecule is N#CCCN1CCN(c2ccc(F)cc2)CC1. The highest BCUT2D eigenvalue weighted by molar-refractivity contribution is 5.46. The maximum Gasteiger partial charge on any atom is 0.123 e. The van der Waals surface area contributed by atoms with Gasteiger partial charge in [-0.05, 0) is 24.3 Å². The van der Waals surface area contributed by atoms with Crippen molar-refractivity contribution in [2.75, 3.05) is 37.6 Å². The van der Waals surface area contributed by atoms with E-state index in [0.29, 0.717) is 6.42 Å². The number of benzene rings is 1. The lowest BCUT2D eigenvalue weighted by atomic mass is 10.2. The van der Waals surface area contributed by atoms with Gasteiger partial charge in [-0.25, -0.2) is 4.39 Å². The van der Waals surface area contributed by atoms with Crippen LogP contribution in [0.3, 0.4) is 0 Å². The smallest absolute Gasteiger partial charge is 0.123 e. The van der Waals surface area contributed by atoms with Crippen molar-refractivity contribution in [3.8, 4) is 6.07 Å². The lowest BCUT2D eigenvalue weighted by Gasteiger charge is -2.35. The molecule has 0 radical (unpaired) electrons. The number of hydrogen-bond acceptors (Lipinski definition) is 3. The Morgan fingerprint density at radius 3 is 2.35 bits per heavy atom. The summed E-state index contributed by atoms with van der Waals surface area (Å²) in [6.07, 6.45) is 0.594. The summed E-state index contributed by atoms with van der Waals surface area (Å²) >= 11 is 0. The Kier molecular flexibility index (Phi) is 3.94. The first-order valence-electron chi connectivity index (χ1n) is 5.89. The molecule has 0 unspecified atom stereocenters. The van der Waals surface area contributed by atoms with Crippen LogP contribution in [0.4, 0.5) is 10.1 Å². The minimum Gasteiger partial charge on any atom is -0.369 e. The van der Waals surface area contributed by atoms with Crippen molar-refractivity contribution >= 4 is 5.69 Å². The van der Waals surface area contributed by atoms with E-state index in [1.54, 1.807) is 0 Å². The summed E-state index contributed by atoms with van der Waals surface area (Å²) in [5.41, 5.74) is 1.08. The van der Waals surface area contributed by atoms with E-state index in [1.165, 1.54) is 12.1 Å². The number of rotatable bonds is 3. The van der Waals surface area contributed by atoms with E-state index in [1.807, 2.05) is 12.1 Å². The predicted molar refractivity (Wildman–Crippen MR) is 65.3 cm³/mol. The van der Waals surface area contributed by atoms with Gasteiger partial charge in [0.05, 0.1) is 6.07 Å². The molecule has 1 aliphatic rings. The zero-order valence-corrected chi connectivity index (χ0v) is 9.77. The maximum absolute atomic E-state index is 12.8. The molecule has 4 heteroatoms. The molecular weight excluding hydrogens is 217 g/mol. The Morgan fingerprint density at radius 2 is 1.76 bits per heavy atom. The van der Waals surface area contributed by atoms with Crippen LogP contribution >= 0.6 is 0 Å². The molecule has 0 N–H and O–H groups in total. The third-order valence-corrected chi connectivity index (χ3v) is 3.10. The first-order chi connectivity index (χ1) is 8.29. The minimum absolute atomic E-state index is 0.193. The Labute approximate surface area is 101 Å². The summed E-state index contributed by atoms with van der Waals surface area (Å²) in [5.74, 6) is -0.193. The highest BCUT2D eigenvalue weighted by Crippen LogP contribution is 2.16. The standard InChI is InChI=1S/C13H16FN3/c14-12-2-4-13(5-3-12)17-10-8-16(9-11-17)7-1-6-15/h2-5H,1,7-11H2. The molecule has 0 aliphatic carbocycles. The number of halogens is 1. The maximum atomic E-state index is 12.8. The van der Waals surface area contributed by atoms with Crippen molar-refractivity contribution in [3.05, 3.63) is 30.1 Å². The number of piperazine rings is 1. The summed E-state index contributed by atoms with van der Waals surface area (Å²) < 4.78 is 12.8. The van der Waals surface area contributed by atoms with Crippen LogP contribution in [0.25, 0.3) is 0 Å². The third kappa shape index (κ3) is 3.18. The van der Waals surface area contributed by atoms with Crippen molar-refractivity contribution in [1.82, 2.24) is 4.90 Å². The van der Waals surface area contributed by atoms with Crippen molar-refractivity contribution in [2.24, 2.45) is 0 Å². The van der Waals surface area contributed by atoms with E-state index >= 15 is 0 Å². The lowest BCUT2D eigenvalue weighted by Crippen LogP contribution is -2.46. The topological polar surface area (TPSA) is 30.3 Å². The number of nitrogens with zero attached hydrogens (tertiary/aromatic N) is 3. The van der Waals surface area contributed by atoms with Crippen LogP contribution in [0.1, 0.15) is 6.42 Å². The molecule has 90 valence electrons. The molecule has 1 aromatic rings. The van der Waals surface area contributed by atoms with E-state index in [2.05, 4.69) is 15.9 Å². The van der Waals surface area contributed by atoms with Gasteiger partial charge in [-0.2, -0.15) is 5.26 Å². The summed E-state index contributed by atoms with van der Waals surface area (Å²) in [5, 5.41) is 8.53. The number of hydrogen-bond donors (Lipinski definition) is 0. The van der Waals surface area contributed by atoms with Gasteiger partial charge in [0.25, 0.3) is 0 Å². The number of anilines is 1. The monoisotopic (exact) mass is 233 g/mol. The molecule has 3 nitrogen and oxygen atoms in total. The van der Waals surface area contributed by atoms with Crippen molar-refractivity contribution < 1.29 is 4.39 Å². The quantitative estimate of drug-likeness (QED) is 0.798. The average molecular weight is 233 g/mol. The van der Waals surface area contributed by atoms with E-state index in [-0.39, 0.29) is 5.82 Å². The zero-order chi connectivity index (χ0) is 12.1. The molecule has 1 fully saturated rings. The largest absolute Gasteiger partial charge is 0.369 e. The van der Waals surface area contributed by atoms with Crippen LogP contribution in [0.2, 0.25) is 0 Å². The fourth-order valence-electron chi connectivity index (χ4n) is 2.09. The molecule has 0 atom stereocenters. The first-order valence-corrected chi connectivity index (χ1v) is 5.89. The molecule has 0 spiro atoms. The van der Waals surface area contributed by atoms with E-state index in [9.17, 15) is 4.39 Å². The fraction of sp³-hybridized carbons (Fsp3) is 0.462. The van der Waals surface area contributed by atoms with Crippen LogP contribution in [-0.4, -0.2) is 37.6 Å². The van der Waals surface area contributed by atoms with Gasteiger partial charge in [0.15, 0.2) is 0 Å². The molecule has 1 aromatic carbocycles. The molecular formula is C13H16FN3. The van der Waals surface area contributed by atoms with Gasteiger partial charge in [0, 0.05) is 44.8 Å². The molecule has 1 heterocycles. The van der Waals surface area contributed by atoms with Gasteiger partial charge in [0.1, 0.15) is 5.82 Å². The van der Waals surface area contributed by atoms with Crippen LogP contribution in [0, 0.1) is 17.1 Å². The van der Waals surface area contributed by atoms with E-state index in [0.717, 1.165) is 38.4 Å². The van der Waals surface area contributed by atoms with Crippen molar-refractivity contribution in [1.29, 1.82) is 5.26 Å². The van der Waals surface area contributed by atoms with Gasteiger partial charge in [-0.1, -0.05) is 0 Å². The summed E-state index contributed by atoms with van der Waals surface area (Å²) in [6.45, 7) is 4.68. The van der Waals surface area contributed by atoms with Gasteiger partial charge in [0.2, 0.25) is 0 Å². The summed E-state index contributed by atoms with van der Waals surface area (Å²) in [7, 11) is 0. The van der Waals surface area contributed by atoms with E-state index in [4.69, 9.17) is 5.26 Å². The average Bonchev–Trinajstić information content (AvgIpc) is 2.38. The lowest BCUT2D eigenvalue weighted by molar-refractivity contribution is 0.263. The molecule has 17 heavy (non-hydrogen) atoms. The highest BCUT2D eigenvalue weighted by atomic mass is 19.1. The Hall–Kier alpha value is -1.60. The summed E-state index contributed by atoms with van der Waals surface area (Å²) in [6, 6.07) is 8.80. The fourth-order valence-corrected chi connectivity index (χ4v) is 2.09. The van der Waals surface area contributed by atoms with Crippen molar-refractivity contribution in [3.63, 3.8) is 0 Å². The number of nitriles is 1. The Morgan fingerprint density at radius 1 is 1.12 bits per heavy atom. The second-order valence-corrected chi connectivity index (χ2v) is 4.21. The van der Waals surface area contributed by atoms with Crippen LogP contribution < -0.4 is 4.90 Å². The normalized spacial score (nSPS) is 16.8. The van der Waals surface area contributed by atoms with Gasteiger partial charge in [-0.3, -0.25) is 4.90 Å². The Balaban J connectivity index is 1.87. The zero-order valence-electron chi connectivity index (χ0n) is 9.77. The molecule has 2 rings (SSSR count). The highest BCUT2D eigenvalue weighted by Gasteiger charge is 2.16. The second-order valence-electron chi connectivity index (χ2n) is 4.21. The minimum atomic E-state index is -0.193. The predicted octanol–water partition coefficient (Wildman–Crippen LogP) is 1.86. The Bertz CT molecular complexity index is 388. The van der Waals surface area contributed by atoms with Gasteiger partial charge >= 0.3 is 0 Å². The van der Waals surface area contributed by atoms with Gasteiger partial charge < -0.3 is 4.90 Å². The third-order valence-electron chi connectivity index (χ3n) is 3.10.